The highest BCUT2D eigenvalue weighted by atomic mass is 32.1. The Hall–Kier alpha value is -2.14. The summed E-state index contributed by atoms with van der Waals surface area (Å²) in [6, 6.07) is 10.2. The van der Waals surface area contributed by atoms with Crippen LogP contribution in [0.2, 0.25) is 0 Å². The normalized spacial score (nSPS) is 11.0. The molecule has 0 bridgehead atoms. The molecule has 0 radical (unpaired) electrons. The predicted octanol–water partition coefficient (Wildman–Crippen LogP) is 3.55. The molecule has 0 saturated heterocycles. The van der Waals surface area contributed by atoms with Crippen molar-refractivity contribution in [3.8, 4) is 0 Å². The van der Waals surface area contributed by atoms with Gasteiger partial charge in [0, 0.05) is 19.5 Å². The average molecular weight is 327 g/mol. The molecule has 120 valence electrons. The van der Waals surface area contributed by atoms with Crippen LogP contribution in [0.15, 0.2) is 41.1 Å². The number of para-hydroxylation sites is 2. The summed E-state index contributed by atoms with van der Waals surface area (Å²) in [4.78, 5) is 16.4. The Balaban J connectivity index is 1.44. The Kier molecular flexibility index (Phi) is 5.08. The first-order valence-electron chi connectivity index (χ1n) is 7.93. The number of carbonyl (C=O) groups is 1. The van der Waals surface area contributed by atoms with Crippen LogP contribution in [0.5, 0.6) is 0 Å². The van der Waals surface area contributed by atoms with E-state index in [2.05, 4.69) is 32.4 Å². The van der Waals surface area contributed by atoms with Gasteiger partial charge in [-0.25, -0.2) is 4.98 Å². The Bertz CT molecular complexity index is 777. The van der Waals surface area contributed by atoms with E-state index in [4.69, 9.17) is 0 Å². The lowest BCUT2D eigenvalue weighted by molar-refractivity contribution is -0.121. The smallest absolute Gasteiger partial charge is 0.220 e. The van der Waals surface area contributed by atoms with Crippen LogP contribution in [-0.2, 0) is 17.8 Å². The van der Waals surface area contributed by atoms with Gasteiger partial charge in [0.05, 0.1) is 11.0 Å². The molecule has 1 amide bonds. The first-order chi connectivity index (χ1) is 11.2. The third kappa shape index (κ3) is 3.99. The Morgan fingerprint density at radius 1 is 1.30 bits per heavy atom. The first-order valence-corrected chi connectivity index (χ1v) is 8.88. The van der Waals surface area contributed by atoms with Gasteiger partial charge >= 0.3 is 0 Å². The number of aromatic nitrogens is 2. The Morgan fingerprint density at radius 3 is 3.00 bits per heavy atom. The van der Waals surface area contributed by atoms with Crippen molar-refractivity contribution in [3.05, 3.63) is 52.5 Å². The first kappa shape index (κ1) is 15.7. The molecular weight excluding hydrogens is 306 g/mol. The van der Waals surface area contributed by atoms with Gasteiger partial charge in [-0.05, 0) is 54.3 Å². The van der Waals surface area contributed by atoms with E-state index in [-0.39, 0.29) is 5.91 Å². The minimum Gasteiger partial charge on any atom is -0.356 e. The van der Waals surface area contributed by atoms with Gasteiger partial charge in [0.25, 0.3) is 0 Å². The van der Waals surface area contributed by atoms with E-state index in [1.807, 2.05) is 30.5 Å². The monoisotopic (exact) mass is 327 g/mol. The van der Waals surface area contributed by atoms with Crippen LogP contribution in [0.1, 0.15) is 24.2 Å². The van der Waals surface area contributed by atoms with E-state index in [0.717, 1.165) is 36.2 Å². The maximum atomic E-state index is 11.9. The number of imidazole rings is 1. The summed E-state index contributed by atoms with van der Waals surface area (Å²) in [5, 5.41) is 7.15. The molecule has 0 unspecified atom stereocenters. The number of aryl methyl sites for hydroxylation is 3. The molecule has 0 aliphatic rings. The fourth-order valence-corrected chi connectivity index (χ4v) is 3.43. The van der Waals surface area contributed by atoms with Crippen LogP contribution in [0.4, 0.5) is 0 Å². The maximum absolute atomic E-state index is 11.9. The molecule has 0 spiro atoms. The number of carbonyl (C=O) groups excluding carboxylic acids is 1. The van der Waals surface area contributed by atoms with Crippen LogP contribution in [0.25, 0.3) is 11.0 Å². The topological polar surface area (TPSA) is 46.9 Å². The summed E-state index contributed by atoms with van der Waals surface area (Å²) in [5.41, 5.74) is 3.43. The van der Waals surface area contributed by atoms with Crippen molar-refractivity contribution in [1.29, 1.82) is 0 Å². The molecule has 0 atom stereocenters. The van der Waals surface area contributed by atoms with Gasteiger partial charge in [-0.15, -0.1) is 0 Å². The molecule has 4 nitrogen and oxygen atoms in total. The van der Waals surface area contributed by atoms with E-state index in [1.165, 1.54) is 5.56 Å². The number of amides is 1. The molecule has 23 heavy (non-hydrogen) atoms. The summed E-state index contributed by atoms with van der Waals surface area (Å²) in [6.07, 6.45) is 2.29. The Labute approximate surface area is 140 Å². The molecule has 1 aromatic carbocycles. The van der Waals surface area contributed by atoms with Gasteiger partial charge in [0.2, 0.25) is 5.91 Å². The lowest BCUT2D eigenvalue weighted by atomic mass is 10.2. The second-order valence-corrected chi connectivity index (χ2v) is 6.41. The zero-order valence-electron chi connectivity index (χ0n) is 13.3. The third-order valence-electron chi connectivity index (χ3n) is 3.95. The average Bonchev–Trinajstić information content (AvgIpc) is 3.17. The molecule has 0 saturated carbocycles. The van der Waals surface area contributed by atoms with E-state index in [0.29, 0.717) is 13.0 Å². The number of nitrogens with zero attached hydrogens (tertiary/aromatic N) is 2. The van der Waals surface area contributed by atoms with E-state index >= 15 is 0 Å². The van der Waals surface area contributed by atoms with E-state index < -0.39 is 0 Å². The number of thiophene rings is 1. The highest BCUT2D eigenvalue weighted by Gasteiger charge is 2.06. The van der Waals surface area contributed by atoms with Crippen LogP contribution >= 0.6 is 11.3 Å². The van der Waals surface area contributed by atoms with Crippen molar-refractivity contribution in [2.24, 2.45) is 0 Å². The van der Waals surface area contributed by atoms with Crippen molar-refractivity contribution < 1.29 is 4.79 Å². The fraction of sp³-hybridized carbons (Fsp3) is 0.333. The molecular formula is C18H21N3OS. The lowest BCUT2D eigenvalue weighted by Crippen LogP contribution is -2.25. The van der Waals surface area contributed by atoms with E-state index in [9.17, 15) is 4.79 Å². The van der Waals surface area contributed by atoms with Gasteiger partial charge in [-0.3, -0.25) is 4.79 Å². The molecule has 3 aromatic rings. The fourth-order valence-electron chi connectivity index (χ4n) is 2.72. The van der Waals surface area contributed by atoms with Crippen molar-refractivity contribution >= 4 is 28.3 Å². The highest BCUT2D eigenvalue weighted by Crippen LogP contribution is 2.15. The summed E-state index contributed by atoms with van der Waals surface area (Å²) >= 11 is 1.67. The molecule has 2 heterocycles. The molecule has 0 aliphatic heterocycles. The van der Waals surface area contributed by atoms with Gasteiger partial charge in [0.15, 0.2) is 0 Å². The standard InChI is InChI=1S/C18H21N3OS/c1-14-20-16-5-2-3-6-17(16)21(14)11-4-10-19-18(22)8-7-15-9-12-23-13-15/h2-3,5-6,9,12-13H,4,7-8,10-11H2,1H3,(H,19,22). The zero-order chi connectivity index (χ0) is 16.1. The summed E-state index contributed by atoms with van der Waals surface area (Å²) in [6.45, 7) is 3.60. The van der Waals surface area contributed by atoms with Crippen LogP contribution < -0.4 is 5.32 Å². The molecule has 2 aromatic heterocycles. The summed E-state index contributed by atoms with van der Waals surface area (Å²) < 4.78 is 2.22. The quantitative estimate of drug-likeness (QED) is 0.675. The van der Waals surface area contributed by atoms with Crippen molar-refractivity contribution in [1.82, 2.24) is 14.9 Å². The third-order valence-corrected chi connectivity index (χ3v) is 4.68. The van der Waals surface area contributed by atoms with Gasteiger partial charge < -0.3 is 9.88 Å². The number of benzene rings is 1. The summed E-state index contributed by atoms with van der Waals surface area (Å²) in [7, 11) is 0. The number of fused-ring (bicyclic) bond motifs is 1. The van der Waals surface area contributed by atoms with Crippen LogP contribution in [0.3, 0.4) is 0 Å². The highest BCUT2D eigenvalue weighted by molar-refractivity contribution is 7.07. The van der Waals surface area contributed by atoms with Crippen molar-refractivity contribution in [2.75, 3.05) is 6.54 Å². The minimum absolute atomic E-state index is 0.128. The van der Waals surface area contributed by atoms with Crippen molar-refractivity contribution in [3.63, 3.8) is 0 Å². The predicted molar refractivity (Wildman–Crippen MR) is 94.7 cm³/mol. The SMILES string of the molecule is Cc1nc2ccccc2n1CCCNC(=O)CCc1ccsc1. The Morgan fingerprint density at radius 2 is 2.17 bits per heavy atom. The number of rotatable bonds is 7. The molecule has 0 fully saturated rings. The number of hydrogen-bond donors (Lipinski definition) is 1. The summed E-state index contributed by atoms with van der Waals surface area (Å²) in [5.74, 6) is 1.15. The molecule has 5 heteroatoms. The van der Waals surface area contributed by atoms with Crippen LogP contribution in [0, 0.1) is 6.92 Å². The lowest BCUT2D eigenvalue weighted by Gasteiger charge is -2.08. The van der Waals surface area contributed by atoms with Crippen molar-refractivity contribution in [2.45, 2.75) is 32.7 Å². The molecule has 3 rings (SSSR count). The number of nitrogens with one attached hydrogen (secondary N) is 1. The molecule has 0 aliphatic carbocycles. The maximum Gasteiger partial charge on any atom is 0.220 e. The largest absolute Gasteiger partial charge is 0.356 e. The van der Waals surface area contributed by atoms with Gasteiger partial charge in [-0.2, -0.15) is 11.3 Å². The minimum atomic E-state index is 0.128. The van der Waals surface area contributed by atoms with Gasteiger partial charge in [-0.1, -0.05) is 12.1 Å². The second-order valence-electron chi connectivity index (χ2n) is 5.63. The van der Waals surface area contributed by atoms with Gasteiger partial charge in [0.1, 0.15) is 5.82 Å². The molecule has 1 N–H and O–H groups in total. The zero-order valence-corrected chi connectivity index (χ0v) is 14.1. The number of hydrogen-bond acceptors (Lipinski definition) is 3. The second kappa shape index (κ2) is 7.42. The van der Waals surface area contributed by atoms with E-state index in [1.54, 1.807) is 11.3 Å². The van der Waals surface area contributed by atoms with Crippen LogP contribution in [-0.4, -0.2) is 22.0 Å².